The normalized spacial score (nSPS) is 10.4. The SMILES string of the molecule is O=C(Nc1ccc(Cl)cc1)Nc1nc2cccnc2s1. The molecule has 0 aliphatic carbocycles. The summed E-state index contributed by atoms with van der Waals surface area (Å²) >= 11 is 7.10. The molecule has 1 aromatic carbocycles. The lowest BCUT2D eigenvalue weighted by molar-refractivity contribution is 0.262. The van der Waals surface area contributed by atoms with Gasteiger partial charge in [0.1, 0.15) is 10.3 Å². The maximum atomic E-state index is 11.8. The highest BCUT2D eigenvalue weighted by molar-refractivity contribution is 7.21. The molecule has 0 aliphatic rings. The standard InChI is InChI=1S/C13H9ClN4OS/c14-8-3-5-9(6-4-8)16-12(19)18-13-17-10-2-1-7-15-11(10)20-13/h1-7H,(H2,16,17,18,19). The second-order valence-corrected chi connectivity index (χ2v) is 5.35. The van der Waals surface area contributed by atoms with E-state index in [0.29, 0.717) is 15.8 Å². The number of halogens is 1. The van der Waals surface area contributed by atoms with Crippen molar-refractivity contribution in [2.45, 2.75) is 0 Å². The molecule has 2 heterocycles. The Morgan fingerprint density at radius 2 is 1.95 bits per heavy atom. The lowest BCUT2D eigenvalue weighted by Crippen LogP contribution is -2.19. The number of fused-ring (bicyclic) bond motifs is 1. The lowest BCUT2D eigenvalue weighted by Gasteiger charge is -2.04. The van der Waals surface area contributed by atoms with Gasteiger partial charge in [-0.25, -0.2) is 14.8 Å². The Bertz CT molecular complexity index is 723. The van der Waals surface area contributed by atoms with Crippen molar-refractivity contribution in [2.75, 3.05) is 10.6 Å². The number of carbonyl (C=O) groups excluding carboxylic acids is 1. The minimum Gasteiger partial charge on any atom is -0.308 e. The predicted molar refractivity (Wildman–Crippen MR) is 81.5 cm³/mol. The summed E-state index contributed by atoms with van der Waals surface area (Å²) < 4.78 is 0. The number of nitrogens with zero attached hydrogens (tertiary/aromatic N) is 2. The van der Waals surface area contributed by atoms with E-state index in [2.05, 4.69) is 20.6 Å². The molecule has 2 N–H and O–H groups in total. The third-order valence-electron chi connectivity index (χ3n) is 2.49. The van der Waals surface area contributed by atoms with E-state index in [1.165, 1.54) is 11.3 Å². The first kappa shape index (κ1) is 12.8. The van der Waals surface area contributed by atoms with Crippen LogP contribution in [-0.2, 0) is 0 Å². The Labute approximate surface area is 123 Å². The van der Waals surface area contributed by atoms with E-state index in [1.54, 1.807) is 36.5 Å². The van der Waals surface area contributed by atoms with Crippen LogP contribution in [-0.4, -0.2) is 16.0 Å². The van der Waals surface area contributed by atoms with Crippen molar-refractivity contribution in [3.8, 4) is 0 Å². The number of benzene rings is 1. The maximum Gasteiger partial charge on any atom is 0.325 e. The molecule has 0 aliphatic heterocycles. The fraction of sp³-hybridized carbons (Fsp3) is 0. The number of aromatic nitrogens is 2. The zero-order chi connectivity index (χ0) is 13.9. The molecule has 0 saturated carbocycles. The third kappa shape index (κ3) is 2.87. The van der Waals surface area contributed by atoms with Gasteiger partial charge in [-0.2, -0.15) is 0 Å². The highest BCUT2D eigenvalue weighted by atomic mass is 35.5. The molecule has 2 amide bonds. The van der Waals surface area contributed by atoms with Crippen LogP contribution in [0, 0.1) is 0 Å². The largest absolute Gasteiger partial charge is 0.325 e. The van der Waals surface area contributed by atoms with Crippen LogP contribution in [0.5, 0.6) is 0 Å². The molecule has 0 atom stereocenters. The second kappa shape index (κ2) is 5.44. The van der Waals surface area contributed by atoms with Crippen molar-refractivity contribution in [3.05, 3.63) is 47.6 Å². The van der Waals surface area contributed by atoms with Crippen molar-refractivity contribution in [3.63, 3.8) is 0 Å². The molecule has 0 unspecified atom stereocenters. The number of thiazole rings is 1. The van der Waals surface area contributed by atoms with Crippen molar-refractivity contribution >= 4 is 50.1 Å². The van der Waals surface area contributed by atoms with E-state index in [9.17, 15) is 4.79 Å². The summed E-state index contributed by atoms with van der Waals surface area (Å²) in [5.41, 5.74) is 1.42. The molecule has 0 bridgehead atoms. The van der Waals surface area contributed by atoms with Crippen LogP contribution in [0.25, 0.3) is 10.3 Å². The van der Waals surface area contributed by atoms with Crippen molar-refractivity contribution in [2.24, 2.45) is 0 Å². The smallest absolute Gasteiger partial charge is 0.308 e. The number of urea groups is 1. The summed E-state index contributed by atoms with van der Waals surface area (Å²) in [6.07, 6.45) is 1.69. The van der Waals surface area contributed by atoms with Gasteiger partial charge in [-0.1, -0.05) is 22.9 Å². The highest BCUT2D eigenvalue weighted by Gasteiger charge is 2.08. The highest BCUT2D eigenvalue weighted by Crippen LogP contribution is 2.23. The quantitative estimate of drug-likeness (QED) is 0.752. The first-order valence-electron chi connectivity index (χ1n) is 5.76. The summed E-state index contributed by atoms with van der Waals surface area (Å²) in [5.74, 6) is 0. The molecule has 3 rings (SSSR count). The number of pyridine rings is 1. The van der Waals surface area contributed by atoms with E-state index >= 15 is 0 Å². The molecule has 7 heteroatoms. The van der Waals surface area contributed by atoms with E-state index in [4.69, 9.17) is 11.6 Å². The van der Waals surface area contributed by atoms with Gasteiger partial charge < -0.3 is 5.32 Å². The van der Waals surface area contributed by atoms with Gasteiger partial charge in [-0.3, -0.25) is 5.32 Å². The molecule has 0 radical (unpaired) electrons. The average molecular weight is 305 g/mol. The first-order valence-corrected chi connectivity index (χ1v) is 6.95. The van der Waals surface area contributed by atoms with Gasteiger partial charge >= 0.3 is 6.03 Å². The lowest BCUT2D eigenvalue weighted by atomic mass is 10.3. The van der Waals surface area contributed by atoms with Crippen LogP contribution in [0.3, 0.4) is 0 Å². The van der Waals surface area contributed by atoms with E-state index in [-0.39, 0.29) is 6.03 Å². The Morgan fingerprint density at radius 3 is 2.70 bits per heavy atom. The second-order valence-electron chi connectivity index (χ2n) is 3.93. The van der Waals surface area contributed by atoms with E-state index < -0.39 is 0 Å². The van der Waals surface area contributed by atoms with Gasteiger partial charge in [-0.05, 0) is 36.4 Å². The van der Waals surface area contributed by atoms with E-state index in [0.717, 1.165) is 10.3 Å². The molecule has 0 fully saturated rings. The van der Waals surface area contributed by atoms with Crippen LogP contribution in [0.15, 0.2) is 42.6 Å². The topological polar surface area (TPSA) is 66.9 Å². The molecule has 3 aromatic rings. The first-order chi connectivity index (χ1) is 9.70. The fourth-order valence-electron chi connectivity index (χ4n) is 1.62. The van der Waals surface area contributed by atoms with Crippen molar-refractivity contribution in [1.82, 2.24) is 9.97 Å². The number of nitrogens with one attached hydrogen (secondary N) is 2. The summed E-state index contributed by atoms with van der Waals surface area (Å²) in [4.78, 5) is 21.1. The van der Waals surface area contributed by atoms with Crippen molar-refractivity contribution < 1.29 is 4.79 Å². The van der Waals surface area contributed by atoms with Crippen molar-refractivity contribution in [1.29, 1.82) is 0 Å². The Morgan fingerprint density at radius 1 is 1.15 bits per heavy atom. The predicted octanol–water partition coefficient (Wildman–Crippen LogP) is 3.99. The fourth-order valence-corrected chi connectivity index (χ4v) is 2.54. The summed E-state index contributed by atoms with van der Waals surface area (Å²) in [7, 11) is 0. The van der Waals surface area contributed by atoms with Gasteiger partial charge in [0, 0.05) is 16.9 Å². The maximum absolute atomic E-state index is 11.8. The number of rotatable bonds is 2. The van der Waals surface area contributed by atoms with Gasteiger partial charge in [0.2, 0.25) is 0 Å². The zero-order valence-corrected chi connectivity index (χ0v) is 11.7. The van der Waals surface area contributed by atoms with Gasteiger partial charge in [0.25, 0.3) is 0 Å². The van der Waals surface area contributed by atoms with Gasteiger partial charge in [0.05, 0.1) is 0 Å². The number of hydrogen-bond donors (Lipinski definition) is 2. The number of hydrogen-bond acceptors (Lipinski definition) is 4. The minimum atomic E-state index is -0.355. The molecule has 0 spiro atoms. The number of carbonyl (C=O) groups is 1. The number of amides is 2. The zero-order valence-electron chi connectivity index (χ0n) is 10.1. The molecular weight excluding hydrogens is 296 g/mol. The summed E-state index contributed by atoms with van der Waals surface area (Å²) in [5, 5.41) is 6.50. The minimum absolute atomic E-state index is 0.355. The molecule has 20 heavy (non-hydrogen) atoms. The Kier molecular flexibility index (Phi) is 3.49. The van der Waals surface area contributed by atoms with Crippen LogP contribution >= 0.6 is 22.9 Å². The monoisotopic (exact) mass is 304 g/mol. The van der Waals surface area contributed by atoms with Crippen LogP contribution in [0.1, 0.15) is 0 Å². The molecular formula is C13H9ClN4OS. The van der Waals surface area contributed by atoms with E-state index in [1.807, 2.05) is 6.07 Å². The van der Waals surface area contributed by atoms with Gasteiger partial charge in [0.15, 0.2) is 5.13 Å². The molecule has 100 valence electrons. The van der Waals surface area contributed by atoms with Gasteiger partial charge in [-0.15, -0.1) is 0 Å². The molecule has 5 nitrogen and oxygen atoms in total. The van der Waals surface area contributed by atoms with Crippen LogP contribution in [0.4, 0.5) is 15.6 Å². The molecule has 2 aromatic heterocycles. The van der Waals surface area contributed by atoms with Crippen LogP contribution < -0.4 is 10.6 Å². The molecule has 0 saturated heterocycles. The Hall–Kier alpha value is -2.18. The third-order valence-corrected chi connectivity index (χ3v) is 3.64. The average Bonchev–Trinajstić information content (AvgIpc) is 2.83. The Balaban J connectivity index is 1.70. The summed E-state index contributed by atoms with van der Waals surface area (Å²) in [6, 6.07) is 10.2. The summed E-state index contributed by atoms with van der Waals surface area (Å²) in [6.45, 7) is 0. The van der Waals surface area contributed by atoms with Crippen LogP contribution in [0.2, 0.25) is 5.02 Å². The number of anilines is 2.